The van der Waals surface area contributed by atoms with Crippen molar-refractivity contribution in [2.45, 2.75) is 37.4 Å². The Morgan fingerprint density at radius 1 is 1.06 bits per heavy atom. The second kappa shape index (κ2) is 9.05. The maximum Gasteiger partial charge on any atom is 0.226 e. The lowest BCUT2D eigenvalue weighted by molar-refractivity contribution is 0.0943. The molecule has 166 valence electrons. The number of aliphatic hydroxyl groups is 1. The molecule has 0 unspecified atom stereocenters. The van der Waals surface area contributed by atoms with Gasteiger partial charge in [0.15, 0.2) is 17.0 Å². The summed E-state index contributed by atoms with van der Waals surface area (Å²) in [7, 11) is 0. The van der Waals surface area contributed by atoms with E-state index in [4.69, 9.17) is 0 Å². The molecule has 0 spiro atoms. The number of rotatable bonds is 8. The molecule has 0 fully saturated rings. The first-order chi connectivity index (χ1) is 15.3. The fourth-order valence-corrected chi connectivity index (χ4v) is 3.46. The van der Waals surface area contributed by atoms with Gasteiger partial charge in [-0.3, -0.25) is 0 Å². The van der Waals surface area contributed by atoms with Gasteiger partial charge in [0, 0.05) is 23.5 Å². The minimum absolute atomic E-state index is 0.176. The molecule has 8 nitrogen and oxygen atoms in total. The highest BCUT2D eigenvalue weighted by atomic mass is 32.1. The van der Waals surface area contributed by atoms with E-state index in [-0.39, 0.29) is 12.3 Å². The minimum atomic E-state index is -0.922. The summed E-state index contributed by atoms with van der Waals surface area (Å²) in [6, 6.07) is 15.2. The van der Waals surface area contributed by atoms with Gasteiger partial charge in [-0.15, -0.1) is 12.6 Å². The monoisotopic (exact) mass is 450 g/mol. The van der Waals surface area contributed by atoms with Crippen molar-refractivity contribution in [1.82, 2.24) is 19.5 Å². The number of thiol groups is 1. The zero-order chi connectivity index (χ0) is 22.7. The number of phenols is 1. The van der Waals surface area contributed by atoms with Gasteiger partial charge in [0.2, 0.25) is 5.95 Å². The van der Waals surface area contributed by atoms with Crippen LogP contribution in [0.4, 0.5) is 11.8 Å². The summed E-state index contributed by atoms with van der Waals surface area (Å²) in [6.45, 7) is 4.66. The summed E-state index contributed by atoms with van der Waals surface area (Å²) < 4.78 is 1.96. The van der Waals surface area contributed by atoms with Crippen molar-refractivity contribution in [2.75, 3.05) is 17.2 Å². The number of phenolic OH excluding ortho intramolecular Hbond substituents is 1. The van der Waals surface area contributed by atoms with Crippen molar-refractivity contribution in [3.8, 4) is 5.75 Å². The van der Waals surface area contributed by atoms with E-state index < -0.39 is 5.60 Å². The van der Waals surface area contributed by atoms with Gasteiger partial charge in [0.25, 0.3) is 0 Å². The maximum absolute atomic E-state index is 10.2. The van der Waals surface area contributed by atoms with Crippen LogP contribution in [-0.4, -0.2) is 41.9 Å². The van der Waals surface area contributed by atoms with E-state index in [2.05, 4.69) is 38.2 Å². The zero-order valence-electron chi connectivity index (χ0n) is 17.9. The third-order valence-corrected chi connectivity index (χ3v) is 5.13. The summed E-state index contributed by atoms with van der Waals surface area (Å²) in [4.78, 5) is 14.5. The van der Waals surface area contributed by atoms with E-state index in [1.54, 1.807) is 38.4 Å². The molecule has 0 saturated heterocycles. The highest BCUT2D eigenvalue weighted by molar-refractivity contribution is 7.80. The Labute approximate surface area is 191 Å². The second-order valence-corrected chi connectivity index (χ2v) is 8.78. The number of anilines is 2. The van der Waals surface area contributed by atoms with Crippen LogP contribution < -0.4 is 10.6 Å². The quantitative estimate of drug-likeness (QED) is 0.261. The Balaban J connectivity index is 1.68. The second-order valence-electron chi connectivity index (χ2n) is 8.26. The zero-order valence-corrected chi connectivity index (χ0v) is 18.8. The third kappa shape index (κ3) is 5.30. The van der Waals surface area contributed by atoms with Crippen molar-refractivity contribution in [2.24, 2.45) is 0 Å². The Hall–Kier alpha value is -3.30. The number of fused-ring (bicyclic) bond motifs is 1. The summed E-state index contributed by atoms with van der Waals surface area (Å²) >= 11 is 4.35. The molecule has 2 aromatic heterocycles. The number of benzene rings is 2. The standard InChI is InChI=1S/C23H26N6O2S/c1-23(2,31)13-25-22-27-20(24-11-16-10-17(32)8-9-18(16)30)19-21(28-22)29(14-26-19)12-15-6-4-3-5-7-15/h3-10,14,30-32H,11-13H2,1-2H3,(H2,24,25,27,28). The number of aromatic nitrogens is 4. The molecule has 2 heterocycles. The molecular formula is C23H26N6O2S. The van der Waals surface area contributed by atoms with Crippen LogP contribution in [0.25, 0.3) is 11.2 Å². The molecule has 0 amide bonds. The maximum atomic E-state index is 10.2. The Kier molecular flexibility index (Phi) is 6.20. The molecule has 0 atom stereocenters. The fourth-order valence-electron chi connectivity index (χ4n) is 3.23. The first-order valence-electron chi connectivity index (χ1n) is 10.3. The predicted octanol–water partition coefficient (Wildman–Crippen LogP) is 3.66. The van der Waals surface area contributed by atoms with Gasteiger partial charge in [-0.25, -0.2) is 4.98 Å². The average Bonchev–Trinajstić information content (AvgIpc) is 3.16. The molecule has 0 bridgehead atoms. The van der Waals surface area contributed by atoms with E-state index in [9.17, 15) is 10.2 Å². The summed E-state index contributed by atoms with van der Waals surface area (Å²) in [5.74, 6) is 1.09. The predicted molar refractivity (Wildman–Crippen MR) is 128 cm³/mol. The van der Waals surface area contributed by atoms with Crippen LogP contribution in [0.1, 0.15) is 25.0 Å². The average molecular weight is 451 g/mol. The summed E-state index contributed by atoms with van der Waals surface area (Å²) in [5, 5.41) is 26.6. The van der Waals surface area contributed by atoms with Crippen molar-refractivity contribution in [1.29, 1.82) is 0 Å². The summed E-state index contributed by atoms with van der Waals surface area (Å²) in [5.41, 5.74) is 2.18. The molecule has 32 heavy (non-hydrogen) atoms. The van der Waals surface area contributed by atoms with E-state index in [1.165, 1.54) is 0 Å². The number of nitrogens with zero attached hydrogens (tertiary/aromatic N) is 4. The number of aromatic hydroxyl groups is 1. The topological polar surface area (TPSA) is 108 Å². The van der Waals surface area contributed by atoms with Gasteiger partial charge in [0.1, 0.15) is 5.75 Å². The van der Waals surface area contributed by atoms with Crippen molar-refractivity contribution >= 4 is 35.6 Å². The number of imidazole rings is 1. The van der Waals surface area contributed by atoms with Crippen LogP contribution in [0, 0.1) is 0 Å². The Morgan fingerprint density at radius 3 is 2.59 bits per heavy atom. The van der Waals surface area contributed by atoms with Crippen molar-refractivity contribution < 1.29 is 10.2 Å². The highest BCUT2D eigenvalue weighted by Crippen LogP contribution is 2.25. The molecule has 0 radical (unpaired) electrons. The van der Waals surface area contributed by atoms with Gasteiger partial charge in [0.05, 0.1) is 18.5 Å². The molecule has 0 saturated carbocycles. The van der Waals surface area contributed by atoms with E-state index in [0.717, 1.165) is 10.5 Å². The largest absolute Gasteiger partial charge is 0.508 e. The molecular weight excluding hydrogens is 424 g/mol. The Morgan fingerprint density at radius 2 is 1.84 bits per heavy atom. The number of hydrogen-bond donors (Lipinski definition) is 5. The van der Waals surface area contributed by atoms with Crippen LogP contribution in [0.15, 0.2) is 59.8 Å². The smallest absolute Gasteiger partial charge is 0.226 e. The van der Waals surface area contributed by atoms with E-state index in [0.29, 0.717) is 41.6 Å². The molecule has 2 aromatic carbocycles. The normalized spacial score (nSPS) is 11.6. The molecule has 9 heteroatoms. The number of hydrogen-bond acceptors (Lipinski definition) is 8. The van der Waals surface area contributed by atoms with Crippen LogP contribution >= 0.6 is 12.6 Å². The van der Waals surface area contributed by atoms with Crippen molar-refractivity contribution in [3.63, 3.8) is 0 Å². The SMILES string of the molecule is CC(C)(O)CNc1nc(NCc2cc(S)ccc2O)c2ncn(Cc3ccccc3)c2n1. The molecule has 0 aliphatic heterocycles. The number of nitrogens with one attached hydrogen (secondary N) is 2. The van der Waals surface area contributed by atoms with Crippen LogP contribution in [-0.2, 0) is 13.1 Å². The van der Waals surface area contributed by atoms with Gasteiger partial charge in [-0.1, -0.05) is 30.3 Å². The Bertz CT molecular complexity index is 1220. The fraction of sp³-hybridized carbons (Fsp3) is 0.261. The van der Waals surface area contributed by atoms with Gasteiger partial charge in [-0.05, 0) is 37.6 Å². The lowest BCUT2D eigenvalue weighted by Gasteiger charge is -2.18. The van der Waals surface area contributed by atoms with Gasteiger partial charge >= 0.3 is 0 Å². The molecule has 4 aromatic rings. The third-order valence-electron chi connectivity index (χ3n) is 4.85. The van der Waals surface area contributed by atoms with E-state index >= 15 is 0 Å². The minimum Gasteiger partial charge on any atom is -0.508 e. The lowest BCUT2D eigenvalue weighted by Crippen LogP contribution is -2.30. The van der Waals surface area contributed by atoms with Gasteiger partial charge < -0.3 is 25.4 Å². The van der Waals surface area contributed by atoms with Crippen LogP contribution in [0.5, 0.6) is 5.75 Å². The summed E-state index contributed by atoms with van der Waals surface area (Å²) in [6.07, 6.45) is 1.74. The molecule has 0 aliphatic rings. The van der Waals surface area contributed by atoms with Gasteiger partial charge in [-0.2, -0.15) is 9.97 Å². The van der Waals surface area contributed by atoms with E-state index in [1.807, 2.05) is 34.9 Å². The first kappa shape index (κ1) is 21.9. The lowest BCUT2D eigenvalue weighted by atomic mass is 10.1. The molecule has 0 aliphatic carbocycles. The molecule has 4 rings (SSSR count). The first-order valence-corrected chi connectivity index (χ1v) is 10.7. The highest BCUT2D eigenvalue weighted by Gasteiger charge is 2.17. The molecule has 4 N–H and O–H groups in total. The van der Waals surface area contributed by atoms with Crippen LogP contribution in [0.2, 0.25) is 0 Å². The van der Waals surface area contributed by atoms with Crippen LogP contribution in [0.3, 0.4) is 0 Å². The van der Waals surface area contributed by atoms with Crippen molar-refractivity contribution in [3.05, 3.63) is 66.0 Å².